The molecule has 1 N–H and O–H groups in total. The molecule has 2 rings (SSSR count). The van der Waals surface area contributed by atoms with E-state index in [9.17, 15) is 0 Å². The van der Waals surface area contributed by atoms with Crippen molar-refractivity contribution in [2.24, 2.45) is 0 Å². The molecule has 0 radical (unpaired) electrons. The van der Waals surface area contributed by atoms with Gasteiger partial charge in [0.2, 0.25) is 0 Å². The van der Waals surface area contributed by atoms with Gasteiger partial charge in [-0.05, 0) is 37.9 Å². The minimum absolute atomic E-state index is 0.0256. The molecular weight excluding hydrogens is 230 g/mol. The first-order chi connectivity index (χ1) is 8.81. The average Bonchev–Trinajstić information content (AvgIpc) is 2.84. The number of aliphatic hydroxyl groups excluding tert-OH is 1. The molecule has 4 nitrogen and oxygen atoms in total. The minimum Gasteiger partial charge on any atom is -0.462 e. The zero-order valence-corrected chi connectivity index (χ0v) is 11.1. The van der Waals surface area contributed by atoms with Gasteiger partial charge in [0.1, 0.15) is 18.1 Å². The van der Waals surface area contributed by atoms with Crippen LogP contribution in [-0.2, 0) is 17.9 Å². The fourth-order valence-electron chi connectivity index (χ4n) is 2.39. The van der Waals surface area contributed by atoms with Crippen molar-refractivity contribution in [1.29, 1.82) is 0 Å². The smallest absolute Gasteiger partial charge is 0.129 e. The molecule has 1 aliphatic heterocycles. The van der Waals surface area contributed by atoms with E-state index < -0.39 is 0 Å². The van der Waals surface area contributed by atoms with Crippen LogP contribution in [0.5, 0.6) is 0 Å². The standard InChI is InChI=1S/C14H23NO3/c1-2-8-17-12-4-3-7-15(9-12)10-13-5-6-14(11-16)18-13/h5-6,12,16H,2-4,7-11H2,1H3. The maximum absolute atomic E-state index is 8.97. The second kappa shape index (κ2) is 6.92. The first-order valence-corrected chi connectivity index (χ1v) is 6.84. The predicted molar refractivity (Wildman–Crippen MR) is 69.2 cm³/mol. The van der Waals surface area contributed by atoms with Crippen molar-refractivity contribution in [2.45, 2.75) is 45.4 Å². The lowest BCUT2D eigenvalue weighted by Gasteiger charge is -2.31. The number of piperidine rings is 1. The lowest BCUT2D eigenvalue weighted by Crippen LogP contribution is -2.39. The van der Waals surface area contributed by atoms with Gasteiger partial charge in [-0.3, -0.25) is 4.90 Å². The minimum atomic E-state index is -0.0256. The lowest BCUT2D eigenvalue weighted by molar-refractivity contribution is -0.00388. The summed E-state index contributed by atoms with van der Waals surface area (Å²) in [5.41, 5.74) is 0. The molecule has 18 heavy (non-hydrogen) atoms. The molecule has 0 bridgehead atoms. The Bertz CT molecular complexity index is 351. The Balaban J connectivity index is 1.81. The molecule has 1 atom stereocenters. The maximum atomic E-state index is 8.97. The predicted octanol–water partition coefficient (Wildman–Crippen LogP) is 2.16. The summed E-state index contributed by atoms with van der Waals surface area (Å²) in [6, 6.07) is 3.78. The summed E-state index contributed by atoms with van der Waals surface area (Å²) in [6.45, 7) is 5.86. The Labute approximate surface area is 109 Å². The molecule has 0 aromatic carbocycles. The summed E-state index contributed by atoms with van der Waals surface area (Å²) in [4.78, 5) is 2.36. The molecule has 1 saturated heterocycles. The van der Waals surface area contributed by atoms with Crippen molar-refractivity contribution >= 4 is 0 Å². The van der Waals surface area contributed by atoms with Gasteiger partial charge >= 0.3 is 0 Å². The largest absolute Gasteiger partial charge is 0.462 e. The van der Waals surface area contributed by atoms with Crippen LogP contribution in [0.1, 0.15) is 37.7 Å². The van der Waals surface area contributed by atoms with E-state index in [1.165, 1.54) is 6.42 Å². The van der Waals surface area contributed by atoms with E-state index in [1.807, 2.05) is 12.1 Å². The van der Waals surface area contributed by atoms with Gasteiger partial charge in [-0.1, -0.05) is 6.92 Å². The van der Waals surface area contributed by atoms with Gasteiger partial charge < -0.3 is 14.3 Å². The van der Waals surface area contributed by atoms with Gasteiger partial charge in [0.05, 0.1) is 12.6 Å². The highest BCUT2D eigenvalue weighted by molar-refractivity contribution is 5.06. The van der Waals surface area contributed by atoms with Crippen molar-refractivity contribution in [1.82, 2.24) is 4.90 Å². The van der Waals surface area contributed by atoms with Crippen LogP contribution in [0.3, 0.4) is 0 Å². The fraction of sp³-hybridized carbons (Fsp3) is 0.714. The summed E-state index contributed by atoms with van der Waals surface area (Å²) in [7, 11) is 0. The molecule has 1 aliphatic rings. The van der Waals surface area contributed by atoms with Gasteiger partial charge in [-0.2, -0.15) is 0 Å². The molecule has 1 unspecified atom stereocenters. The summed E-state index contributed by atoms with van der Waals surface area (Å²) < 4.78 is 11.3. The van der Waals surface area contributed by atoms with Gasteiger partial charge in [0.15, 0.2) is 0 Å². The Morgan fingerprint density at radius 3 is 3.00 bits per heavy atom. The first kappa shape index (κ1) is 13.6. The first-order valence-electron chi connectivity index (χ1n) is 6.84. The third kappa shape index (κ3) is 3.83. The maximum Gasteiger partial charge on any atom is 0.129 e. The van der Waals surface area contributed by atoms with Crippen molar-refractivity contribution in [2.75, 3.05) is 19.7 Å². The van der Waals surface area contributed by atoms with Crippen LogP contribution in [0.2, 0.25) is 0 Å². The lowest BCUT2D eigenvalue weighted by atomic mass is 10.1. The summed E-state index contributed by atoms with van der Waals surface area (Å²) in [5.74, 6) is 1.57. The van der Waals surface area contributed by atoms with E-state index in [4.69, 9.17) is 14.3 Å². The number of likely N-dealkylation sites (tertiary alicyclic amines) is 1. The van der Waals surface area contributed by atoms with Gasteiger partial charge in [-0.15, -0.1) is 0 Å². The van der Waals surface area contributed by atoms with E-state index in [0.717, 1.165) is 44.8 Å². The summed E-state index contributed by atoms with van der Waals surface area (Å²) in [6.07, 6.45) is 3.79. The number of hydrogen-bond acceptors (Lipinski definition) is 4. The van der Waals surface area contributed by atoms with E-state index in [1.54, 1.807) is 0 Å². The molecule has 102 valence electrons. The van der Waals surface area contributed by atoms with E-state index in [2.05, 4.69) is 11.8 Å². The third-order valence-corrected chi connectivity index (χ3v) is 3.27. The van der Waals surface area contributed by atoms with Crippen LogP contribution in [0.15, 0.2) is 16.5 Å². The van der Waals surface area contributed by atoms with Crippen molar-refractivity contribution in [3.8, 4) is 0 Å². The molecule has 0 spiro atoms. The second-order valence-electron chi connectivity index (χ2n) is 4.90. The average molecular weight is 253 g/mol. The Kier molecular flexibility index (Phi) is 5.23. The number of aliphatic hydroxyl groups is 1. The highest BCUT2D eigenvalue weighted by Gasteiger charge is 2.20. The van der Waals surface area contributed by atoms with Crippen molar-refractivity contribution in [3.05, 3.63) is 23.7 Å². The highest BCUT2D eigenvalue weighted by atomic mass is 16.5. The third-order valence-electron chi connectivity index (χ3n) is 3.27. The van der Waals surface area contributed by atoms with Crippen LogP contribution in [-0.4, -0.2) is 35.8 Å². The second-order valence-corrected chi connectivity index (χ2v) is 4.90. The summed E-state index contributed by atoms with van der Waals surface area (Å²) in [5, 5.41) is 8.97. The Hall–Kier alpha value is -0.840. The fourth-order valence-corrected chi connectivity index (χ4v) is 2.39. The number of furan rings is 1. The Morgan fingerprint density at radius 2 is 2.28 bits per heavy atom. The molecule has 0 aliphatic carbocycles. The van der Waals surface area contributed by atoms with Crippen molar-refractivity contribution < 1.29 is 14.3 Å². The number of rotatable bonds is 6. The van der Waals surface area contributed by atoms with Gasteiger partial charge in [0, 0.05) is 13.2 Å². The van der Waals surface area contributed by atoms with Crippen LogP contribution in [0.4, 0.5) is 0 Å². The zero-order chi connectivity index (χ0) is 12.8. The van der Waals surface area contributed by atoms with Crippen LogP contribution < -0.4 is 0 Å². The van der Waals surface area contributed by atoms with Gasteiger partial charge in [0.25, 0.3) is 0 Å². The van der Waals surface area contributed by atoms with E-state index in [-0.39, 0.29) is 6.61 Å². The molecule has 1 aromatic rings. The molecule has 1 aromatic heterocycles. The topological polar surface area (TPSA) is 45.8 Å². The van der Waals surface area contributed by atoms with Crippen LogP contribution in [0.25, 0.3) is 0 Å². The van der Waals surface area contributed by atoms with E-state index >= 15 is 0 Å². The molecule has 1 fully saturated rings. The van der Waals surface area contributed by atoms with Crippen molar-refractivity contribution in [3.63, 3.8) is 0 Å². The molecule has 4 heteroatoms. The van der Waals surface area contributed by atoms with E-state index in [0.29, 0.717) is 11.9 Å². The van der Waals surface area contributed by atoms with Crippen LogP contribution >= 0.6 is 0 Å². The number of nitrogens with zero attached hydrogens (tertiary/aromatic N) is 1. The zero-order valence-electron chi connectivity index (χ0n) is 11.1. The molecular formula is C14H23NO3. The highest BCUT2D eigenvalue weighted by Crippen LogP contribution is 2.17. The van der Waals surface area contributed by atoms with Gasteiger partial charge in [-0.25, -0.2) is 0 Å². The molecule has 0 saturated carbocycles. The normalized spacial score (nSPS) is 21.3. The van der Waals surface area contributed by atoms with Crippen LogP contribution in [0, 0.1) is 0 Å². The number of hydrogen-bond donors (Lipinski definition) is 1. The Morgan fingerprint density at radius 1 is 1.44 bits per heavy atom. The number of ether oxygens (including phenoxy) is 1. The SMILES string of the molecule is CCCOC1CCCN(Cc2ccc(CO)o2)C1. The molecule has 0 amide bonds. The monoisotopic (exact) mass is 253 g/mol. The summed E-state index contributed by atoms with van der Waals surface area (Å²) >= 11 is 0. The quantitative estimate of drug-likeness (QED) is 0.844. The molecule has 2 heterocycles.